The average Bonchev–Trinajstić information content (AvgIpc) is 2.99. The van der Waals surface area contributed by atoms with Crippen LogP contribution in [0.2, 0.25) is 0 Å². The highest BCUT2D eigenvalue weighted by Crippen LogP contribution is 2.28. The fraction of sp³-hybridized carbons (Fsp3) is 0.600. The lowest BCUT2D eigenvalue weighted by Gasteiger charge is -2.32. The molecule has 1 aliphatic carbocycles. The Balaban J connectivity index is 1.85. The molecule has 2 rings (SSSR count). The summed E-state index contributed by atoms with van der Waals surface area (Å²) in [6.07, 6.45) is 6.36. The normalized spacial score (nSPS) is 19.0. The van der Waals surface area contributed by atoms with Crippen molar-refractivity contribution >= 4 is 17.7 Å². The summed E-state index contributed by atoms with van der Waals surface area (Å²) in [5, 5.41) is 12.1. The summed E-state index contributed by atoms with van der Waals surface area (Å²) < 4.78 is 5.25. The van der Waals surface area contributed by atoms with Crippen LogP contribution in [0.15, 0.2) is 22.8 Å². The molecule has 1 aromatic heterocycles. The van der Waals surface area contributed by atoms with Crippen LogP contribution in [0.1, 0.15) is 44.8 Å². The molecule has 1 amide bonds. The van der Waals surface area contributed by atoms with Crippen molar-refractivity contribution in [1.82, 2.24) is 5.32 Å². The van der Waals surface area contributed by atoms with E-state index in [-0.39, 0.29) is 11.2 Å². The summed E-state index contributed by atoms with van der Waals surface area (Å²) in [7, 11) is 0. The van der Waals surface area contributed by atoms with E-state index in [0.717, 1.165) is 37.9 Å². The van der Waals surface area contributed by atoms with E-state index in [1.807, 2.05) is 19.1 Å². The molecule has 1 N–H and O–H groups in total. The second-order valence-corrected chi connectivity index (χ2v) is 6.61. The van der Waals surface area contributed by atoms with Crippen LogP contribution < -0.4 is 5.32 Å². The minimum absolute atomic E-state index is 0.0509. The standard InChI is InChI=1S/C15H20N2O2S/c1-12(20-10-13-6-5-9-19-13)14(18)17-15(11-16)7-3-2-4-8-15/h5-6,9,12H,2-4,7-8,10H2,1H3,(H,17,18)/t12-/m0/s1. The summed E-state index contributed by atoms with van der Waals surface area (Å²) in [4.78, 5) is 12.2. The van der Waals surface area contributed by atoms with Crippen LogP contribution in [0, 0.1) is 11.3 Å². The molecule has 1 saturated carbocycles. The fourth-order valence-corrected chi connectivity index (χ4v) is 3.22. The molecule has 108 valence electrons. The summed E-state index contributed by atoms with van der Waals surface area (Å²) in [5.41, 5.74) is -0.644. The van der Waals surface area contributed by atoms with Crippen molar-refractivity contribution in [2.45, 2.75) is 55.6 Å². The molecule has 20 heavy (non-hydrogen) atoms. The van der Waals surface area contributed by atoms with E-state index in [2.05, 4.69) is 11.4 Å². The molecule has 0 radical (unpaired) electrons. The zero-order valence-electron chi connectivity index (χ0n) is 11.7. The Kier molecular flexibility index (Phi) is 5.13. The van der Waals surface area contributed by atoms with Gasteiger partial charge in [-0.3, -0.25) is 4.79 Å². The number of thioether (sulfide) groups is 1. The highest BCUT2D eigenvalue weighted by Gasteiger charge is 2.34. The number of rotatable bonds is 5. The van der Waals surface area contributed by atoms with Gasteiger partial charge >= 0.3 is 0 Å². The first kappa shape index (κ1) is 15.0. The van der Waals surface area contributed by atoms with Crippen LogP contribution in [0.25, 0.3) is 0 Å². The summed E-state index contributed by atoms with van der Waals surface area (Å²) >= 11 is 1.52. The number of amides is 1. The average molecular weight is 292 g/mol. The monoisotopic (exact) mass is 292 g/mol. The van der Waals surface area contributed by atoms with E-state index in [4.69, 9.17) is 4.42 Å². The molecule has 5 heteroatoms. The number of carbonyl (C=O) groups excluding carboxylic acids is 1. The second kappa shape index (κ2) is 6.85. The van der Waals surface area contributed by atoms with Gasteiger partial charge in [-0.25, -0.2) is 0 Å². The van der Waals surface area contributed by atoms with Gasteiger partial charge in [0, 0.05) is 0 Å². The lowest BCUT2D eigenvalue weighted by Crippen LogP contribution is -2.50. The van der Waals surface area contributed by atoms with Crippen LogP contribution in [-0.4, -0.2) is 16.7 Å². The topological polar surface area (TPSA) is 66.0 Å². The SMILES string of the molecule is C[C@H](SCc1ccco1)C(=O)NC1(C#N)CCCCC1. The van der Waals surface area contributed by atoms with Crippen molar-refractivity contribution in [3.05, 3.63) is 24.2 Å². The highest BCUT2D eigenvalue weighted by atomic mass is 32.2. The van der Waals surface area contributed by atoms with E-state index < -0.39 is 5.54 Å². The Morgan fingerprint density at radius 1 is 1.55 bits per heavy atom. The van der Waals surface area contributed by atoms with Gasteiger partial charge in [0.25, 0.3) is 0 Å². The predicted octanol–water partition coefficient (Wildman–Crippen LogP) is 3.24. The molecular weight excluding hydrogens is 272 g/mol. The third-order valence-corrected chi connectivity index (χ3v) is 4.87. The van der Waals surface area contributed by atoms with Crippen molar-refractivity contribution in [2.75, 3.05) is 0 Å². The quantitative estimate of drug-likeness (QED) is 0.904. The maximum atomic E-state index is 12.2. The zero-order chi connectivity index (χ0) is 14.4. The lowest BCUT2D eigenvalue weighted by molar-refractivity contribution is -0.121. The maximum absolute atomic E-state index is 12.2. The van der Waals surface area contributed by atoms with Gasteiger partial charge in [-0.2, -0.15) is 5.26 Å². The first-order valence-electron chi connectivity index (χ1n) is 7.02. The van der Waals surface area contributed by atoms with E-state index in [9.17, 15) is 10.1 Å². The third kappa shape index (κ3) is 3.80. The van der Waals surface area contributed by atoms with Crippen molar-refractivity contribution < 1.29 is 9.21 Å². The first-order chi connectivity index (χ1) is 9.65. The van der Waals surface area contributed by atoms with E-state index in [1.165, 1.54) is 11.8 Å². The summed E-state index contributed by atoms with van der Waals surface area (Å²) in [6.45, 7) is 1.87. The first-order valence-corrected chi connectivity index (χ1v) is 8.07. The van der Waals surface area contributed by atoms with Crippen molar-refractivity contribution in [2.24, 2.45) is 0 Å². The number of nitriles is 1. The number of furan rings is 1. The molecule has 1 heterocycles. The number of nitrogens with one attached hydrogen (secondary N) is 1. The van der Waals surface area contributed by atoms with Gasteiger partial charge in [-0.05, 0) is 31.9 Å². The van der Waals surface area contributed by atoms with Crippen LogP contribution in [0.3, 0.4) is 0 Å². The van der Waals surface area contributed by atoms with Gasteiger partial charge in [0.2, 0.25) is 5.91 Å². The van der Waals surface area contributed by atoms with Crippen LogP contribution >= 0.6 is 11.8 Å². The molecule has 0 unspecified atom stereocenters. The van der Waals surface area contributed by atoms with E-state index in [1.54, 1.807) is 6.26 Å². The van der Waals surface area contributed by atoms with Gasteiger partial charge in [0.15, 0.2) is 0 Å². The molecule has 1 atom stereocenters. The van der Waals surface area contributed by atoms with Crippen molar-refractivity contribution in [3.63, 3.8) is 0 Å². The molecular formula is C15H20N2O2S. The molecule has 0 bridgehead atoms. The maximum Gasteiger partial charge on any atom is 0.234 e. The molecule has 0 aromatic carbocycles. The number of hydrogen-bond acceptors (Lipinski definition) is 4. The zero-order valence-corrected chi connectivity index (χ0v) is 12.5. The van der Waals surface area contributed by atoms with Crippen molar-refractivity contribution in [3.8, 4) is 6.07 Å². The largest absolute Gasteiger partial charge is 0.468 e. The Hall–Kier alpha value is -1.41. The molecule has 0 aliphatic heterocycles. The second-order valence-electron chi connectivity index (χ2n) is 5.28. The van der Waals surface area contributed by atoms with Gasteiger partial charge in [-0.15, -0.1) is 11.8 Å². The molecule has 0 saturated heterocycles. The Bertz CT molecular complexity index is 473. The molecule has 1 fully saturated rings. The van der Waals surface area contributed by atoms with Gasteiger partial charge in [-0.1, -0.05) is 19.3 Å². The minimum atomic E-state index is -0.644. The van der Waals surface area contributed by atoms with Gasteiger partial charge in [0.1, 0.15) is 11.3 Å². The molecule has 0 spiro atoms. The number of carbonyl (C=O) groups is 1. The number of hydrogen-bond donors (Lipinski definition) is 1. The Morgan fingerprint density at radius 3 is 2.90 bits per heavy atom. The van der Waals surface area contributed by atoms with E-state index >= 15 is 0 Å². The number of nitrogens with zero attached hydrogens (tertiary/aromatic N) is 1. The van der Waals surface area contributed by atoms with Crippen molar-refractivity contribution in [1.29, 1.82) is 5.26 Å². The van der Waals surface area contributed by atoms with Gasteiger partial charge in [0.05, 0.1) is 23.3 Å². The summed E-state index contributed by atoms with van der Waals surface area (Å²) in [5.74, 6) is 1.48. The molecule has 4 nitrogen and oxygen atoms in total. The Labute approximate surface area is 123 Å². The molecule has 1 aromatic rings. The van der Waals surface area contributed by atoms with Crippen LogP contribution in [0.5, 0.6) is 0 Å². The lowest BCUT2D eigenvalue weighted by atomic mass is 9.83. The Morgan fingerprint density at radius 2 is 2.30 bits per heavy atom. The summed E-state index contributed by atoms with van der Waals surface area (Å²) in [6, 6.07) is 6.05. The minimum Gasteiger partial charge on any atom is -0.468 e. The molecule has 1 aliphatic rings. The van der Waals surface area contributed by atoms with E-state index in [0.29, 0.717) is 5.75 Å². The van der Waals surface area contributed by atoms with Gasteiger partial charge < -0.3 is 9.73 Å². The smallest absolute Gasteiger partial charge is 0.234 e. The highest BCUT2D eigenvalue weighted by molar-refractivity contribution is 7.99. The third-order valence-electron chi connectivity index (χ3n) is 3.71. The van der Waals surface area contributed by atoms with Crippen LogP contribution in [0.4, 0.5) is 0 Å². The van der Waals surface area contributed by atoms with Crippen LogP contribution in [-0.2, 0) is 10.5 Å². The predicted molar refractivity (Wildman–Crippen MR) is 79.0 cm³/mol. The fourth-order valence-electron chi connectivity index (χ4n) is 2.44.